The van der Waals surface area contributed by atoms with E-state index in [-0.39, 0.29) is 11.9 Å². The van der Waals surface area contributed by atoms with Crippen LogP contribution in [0.3, 0.4) is 0 Å². The van der Waals surface area contributed by atoms with Crippen molar-refractivity contribution in [2.24, 2.45) is 5.73 Å². The predicted molar refractivity (Wildman–Crippen MR) is 85.7 cm³/mol. The van der Waals surface area contributed by atoms with E-state index >= 15 is 0 Å². The molecule has 3 heteroatoms. The van der Waals surface area contributed by atoms with Crippen LogP contribution in [0.1, 0.15) is 64.1 Å². The van der Waals surface area contributed by atoms with Crippen molar-refractivity contribution in [2.75, 3.05) is 11.4 Å². The van der Waals surface area contributed by atoms with Gasteiger partial charge in [0.2, 0.25) is 0 Å². The molecule has 0 bridgehead atoms. The lowest BCUT2D eigenvalue weighted by atomic mass is 10.0. The molecule has 0 radical (unpaired) electrons. The SMILES string of the molecule is CCCCCN(c1cc(C)c(F)cc1[C@@H](C)N)C(C)C. The Labute approximate surface area is 123 Å². The van der Waals surface area contributed by atoms with E-state index in [1.807, 2.05) is 19.9 Å². The minimum Gasteiger partial charge on any atom is -0.369 e. The fourth-order valence-corrected chi connectivity index (χ4v) is 2.48. The van der Waals surface area contributed by atoms with Gasteiger partial charge in [0.25, 0.3) is 0 Å². The maximum absolute atomic E-state index is 13.8. The van der Waals surface area contributed by atoms with E-state index in [1.54, 1.807) is 6.07 Å². The third-order valence-electron chi connectivity index (χ3n) is 3.73. The maximum Gasteiger partial charge on any atom is 0.126 e. The van der Waals surface area contributed by atoms with Gasteiger partial charge >= 0.3 is 0 Å². The fraction of sp³-hybridized carbons (Fsp3) is 0.647. The first-order valence-electron chi connectivity index (χ1n) is 7.70. The lowest BCUT2D eigenvalue weighted by Crippen LogP contribution is -2.33. The number of halogens is 1. The zero-order chi connectivity index (χ0) is 15.3. The van der Waals surface area contributed by atoms with Crippen LogP contribution in [0.5, 0.6) is 0 Å². The molecular formula is C17H29FN2. The Morgan fingerprint density at radius 2 is 1.85 bits per heavy atom. The van der Waals surface area contributed by atoms with Crippen LogP contribution >= 0.6 is 0 Å². The molecule has 114 valence electrons. The van der Waals surface area contributed by atoms with E-state index < -0.39 is 0 Å². The number of hydrogen-bond donors (Lipinski definition) is 1. The van der Waals surface area contributed by atoms with Crippen LogP contribution in [0.4, 0.5) is 10.1 Å². The third-order valence-corrected chi connectivity index (χ3v) is 3.73. The lowest BCUT2D eigenvalue weighted by Gasteiger charge is -2.32. The number of rotatable bonds is 7. The molecule has 1 rings (SSSR count). The zero-order valence-corrected chi connectivity index (χ0v) is 13.5. The quantitative estimate of drug-likeness (QED) is 0.742. The number of nitrogens with two attached hydrogens (primary N) is 1. The molecule has 0 amide bonds. The summed E-state index contributed by atoms with van der Waals surface area (Å²) in [5, 5.41) is 0. The second kappa shape index (κ2) is 7.63. The smallest absolute Gasteiger partial charge is 0.126 e. The molecule has 0 fully saturated rings. The highest BCUT2D eigenvalue weighted by Gasteiger charge is 2.18. The number of nitrogens with zero attached hydrogens (tertiary/aromatic N) is 1. The molecule has 2 N–H and O–H groups in total. The average molecular weight is 280 g/mol. The molecule has 0 spiro atoms. The first kappa shape index (κ1) is 17.0. The highest BCUT2D eigenvalue weighted by atomic mass is 19.1. The minimum absolute atomic E-state index is 0.160. The van der Waals surface area contributed by atoms with Gasteiger partial charge in [-0.2, -0.15) is 0 Å². The number of hydrogen-bond acceptors (Lipinski definition) is 2. The molecule has 0 saturated carbocycles. The van der Waals surface area contributed by atoms with Crippen molar-refractivity contribution in [1.29, 1.82) is 0 Å². The van der Waals surface area contributed by atoms with E-state index in [0.717, 1.165) is 24.2 Å². The van der Waals surface area contributed by atoms with Crippen LogP contribution < -0.4 is 10.6 Å². The molecule has 1 atom stereocenters. The van der Waals surface area contributed by atoms with Gasteiger partial charge in [-0.1, -0.05) is 19.8 Å². The Bertz CT molecular complexity index is 427. The van der Waals surface area contributed by atoms with Gasteiger partial charge in [0.05, 0.1) is 0 Å². The summed E-state index contributed by atoms with van der Waals surface area (Å²) in [5.74, 6) is -0.168. The van der Waals surface area contributed by atoms with Gasteiger partial charge in [-0.05, 0) is 57.4 Å². The van der Waals surface area contributed by atoms with Crippen LogP contribution in [0.15, 0.2) is 12.1 Å². The van der Waals surface area contributed by atoms with Gasteiger partial charge < -0.3 is 10.6 Å². The standard InChI is InChI=1S/C17H29FN2/c1-6-7-8-9-20(12(2)3)17-10-13(4)16(18)11-15(17)14(5)19/h10-12,14H,6-9,19H2,1-5H3/t14-/m1/s1. The molecular weight excluding hydrogens is 251 g/mol. The van der Waals surface area contributed by atoms with E-state index in [0.29, 0.717) is 11.6 Å². The van der Waals surface area contributed by atoms with Crippen molar-refractivity contribution in [2.45, 2.75) is 66.0 Å². The molecule has 0 heterocycles. The molecule has 0 aliphatic rings. The Kier molecular flexibility index (Phi) is 6.47. The molecule has 0 unspecified atom stereocenters. The second-order valence-electron chi connectivity index (χ2n) is 5.94. The minimum atomic E-state index is -0.168. The molecule has 2 nitrogen and oxygen atoms in total. The van der Waals surface area contributed by atoms with E-state index in [9.17, 15) is 4.39 Å². The van der Waals surface area contributed by atoms with Gasteiger partial charge in [0.1, 0.15) is 5.82 Å². The summed E-state index contributed by atoms with van der Waals surface area (Å²) in [6.45, 7) is 11.3. The number of anilines is 1. The summed E-state index contributed by atoms with van der Waals surface area (Å²) < 4.78 is 13.8. The summed E-state index contributed by atoms with van der Waals surface area (Å²) in [5.41, 5.74) is 8.71. The van der Waals surface area contributed by atoms with Crippen LogP contribution in [0.25, 0.3) is 0 Å². The third kappa shape index (κ3) is 4.20. The monoisotopic (exact) mass is 280 g/mol. The fourth-order valence-electron chi connectivity index (χ4n) is 2.48. The summed E-state index contributed by atoms with van der Waals surface area (Å²) in [6, 6.07) is 3.77. The highest BCUT2D eigenvalue weighted by molar-refractivity contribution is 5.57. The maximum atomic E-state index is 13.8. The molecule has 20 heavy (non-hydrogen) atoms. The number of unbranched alkanes of at least 4 members (excludes halogenated alkanes) is 2. The average Bonchev–Trinajstić information content (AvgIpc) is 2.37. The van der Waals surface area contributed by atoms with Crippen LogP contribution in [0, 0.1) is 12.7 Å². The van der Waals surface area contributed by atoms with Gasteiger partial charge in [-0.3, -0.25) is 0 Å². The van der Waals surface area contributed by atoms with E-state index in [1.165, 1.54) is 12.8 Å². The number of benzene rings is 1. The summed E-state index contributed by atoms with van der Waals surface area (Å²) in [6.07, 6.45) is 3.58. The molecule has 1 aromatic rings. The van der Waals surface area contributed by atoms with Gasteiger partial charge in [-0.25, -0.2) is 4.39 Å². The summed E-state index contributed by atoms with van der Waals surface area (Å²) in [4.78, 5) is 2.35. The molecule has 0 aliphatic heterocycles. The van der Waals surface area contributed by atoms with Crippen LogP contribution in [-0.2, 0) is 0 Å². The highest BCUT2D eigenvalue weighted by Crippen LogP contribution is 2.30. The molecule has 0 saturated heterocycles. The van der Waals surface area contributed by atoms with Crippen molar-refractivity contribution in [3.63, 3.8) is 0 Å². The first-order chi connectivity index (χ1) is 9.38. The van der Waals surface area contributed by atoms with Crippen molar-refractivity contribution in [3.05, 3.63) is 29.1 Å². The first-order valence-corrected chi connectivity index (χ1v) is 7.70. The Morgan fingerprint density at radius 3 is 2.35 bits per heavy atom. The lowest BCUT2D eigenvalue weighted by molar-refractivity contribution is 0.602. The van der Waals surface area contributed by atoms with Gasteiger partial charge in [0, 0.05) is 24.3 Å². The van der Waals surface area contributed by atoms with Crippen molar-refractivity contribution in [3.8, 4) is 0 Å². The van der Waals surface area contributed by atoms with Crippen molar-refractivity contribution < 1.29 is 4.39 Å². The van der Waals surface area contributed by atoms with Crippen molar-refractivity contribution in [1.82, 2.24) is 0 Å². The Balaban J connectivity index is 3.14. The van der Waals surface area contributed by atoms with Gasteiger partial charge in [0.15, 0.2) is 0 Å². The van der Waals surface area contributed by atoms with E-state index in [4.69, 9.17) is 5.73 Å². The van der Waals surface area contributed by atoms with E-state index in [2.05, 4.69) is 25.7 Å². The van der Waals surface area contributed by atoms with Gasteiger partial charge in [-0.15, -0.1) is 0 Å². The second-order valence-corrected chi connectivity index (χ2v) is 5.94. The summed E-state index contributed by atoms with van der Waals surface area (Å²) >= 11 is 0. The van der Waals surface area contributed by atoms with Crippen LogP contribution in [-0.4, -0.2) is 12.6 Å². The normalized spacial score (nSPS) is 12.8. The molecule has 0 aromatic heterocycles. The molecule has 0 aliphatic carbocycles. The largest absolute Gasteiger partial charge is 0.369 e. The summed E-state index contributed by atoms with van der Waals surface area (Å²) in [7, 11) is 0. The Morgan fingerprint density at radius 1 is 1.20 bits per heavy atom. The zero-order valence-electron chi connectivity index (χ0n) is 13.5. The topological polar surface area (TPSA) is 29.3 Å². The number of aryl methyl sites for hydroxylation is 1. The van der Waals surface area contributed by atoms with Crippen molar-refractivity contribution >= 4 is 5.69 Å². The van der Waals surface area contributed by atoms with Crippen LogP contribution in [0.2, 0.25) is 0 Å². The Hall–Kier alpha value is -1.09. The molecule has 1 aromatic carbocycles. The predicted octanol–water partition coefficient (Wildman–Crippen LogP) is 4.56.